The topological polar surface area (TPSA) is 61.4 Å². The first-order valence-corrected chi connectivity index (χ1v) is 11.3. The Labute approximate surface area is 191 Å². The molecule has 3 aromatic rings. The highest BCUT2D eigenvalue weighted by Gasteiger charge is 2.23. The summed E-state index contributed by atoms with van der Waals surface area (Å²) in [6.45, 7) is 1.27. The Bertz CT molecular complexity index is 1060. The predicted octanol–water partition coefficient (Wildman–Crippen LogP) is 4.29. The highest BCUT2D eigenvalue weighted by Crippen LogP contribution is 2.47. The van der Waals surface area contributed by atoms with Gasteiger partial charge in [-0.3, -0.25) is 9.59 Å². The summed E-state index contributed by atoms with van der Waals surface area (Å²) in [7, 11) is 0. The fourth-order valence-corrected chi connectivity index (χ4v) is 4.67. The summed E-state index contributed by atoms with van der Waals surface area (Å²) in [5, 5.41) is 5.63. The van der Waals surface area contributed by atoms with Gasteiger partial charge in [0, 0.05) is 35.8 Å². The van der Waals surface area contributed by atoms with Crippen LogP contribution >= 0.6 is 11.8 Å². The molecular formula is C25H24FN3O2S. The third-order valence-corrected chi connectivity index (χ3v) is 6.27. The van der Waals surface area contributed by atoms with Crippen LogP contribution in [0.4, 0.5) is 15.8 Å². The number of hydrogen-bond donors (Lipinski definition) is 2. The third-order valence-electron chi connectivity index (χ3n) is 5.14. The molecule has 1 heterocycles. The molecule has 0 saturated carbocycles. The van der Waals surface area contributed by atoms with Crippen LogP contribution in [0.3, 0.4) is 0 Å². The van der Waals surface area contributed by atoms with Crippen molar-refractivity contribution >= 4 is 35.0 Å². The minimum absolute atomic E-state index is 0.0639. The summed E-state index contributed by atoms with van der Waals surface area (Å²) < 4.78 is 12.9. The van der Waals surface area contributed by atoms with Crippen molar-refractivity contribution in [1.82, 2.24) is 10.6 Å². The molecule has 1 aliphatic rings. The van der Waals surface area contributed by atoms with Gasteiger partial charge in [0.25, 0.3) is 0 Å². The Hall–Kier alpha value is -3.32. The molecule has 164 valence electrons. The Balaban J connectivity index is 1.23. The van der Waals surface area contributed by atoms with Crippen LogP contribution in [-0.4, -0.2) is 31.4 Å². The van der Waals surface area contributed by atoms with E-state index < -0.39 is 0 Å². The minimum Gasteiger partial charge on any atom is -0.354 e. The number of nitrogens with zero attached hydrogens (tertiary/aromatic N) is 1. The maximum Gasteiger partial charge on any atom is 0.224 e. The van der Waals surface area contributed by atoms with Crippen molar-refractivity contribution in [2.45, 2.75) is 22.6 Å². The molecule has 5 nitrogen and oxygen atoms in total. The van der Waals surface area contributed by atoms with Crippen LogP contribution in [-0.2, 0) is 16.0 Å². The summed E-state index contributed by atoms with van der Waals surface area (Å²) in [6, 6.07) is 22.3. The second kappa shape index (κ2) is 10.3. The van der Waals surface area contributed by atoms with E-state index in [0.29, 0.717) is 26.1 Å². The van der Waals surface area contributed by atoms with Crippen LogP contribution in [0.2, 0.25) is 0 Å². The number of amides is 2. The highest BCUT2D eigenvalue weighted by atomic mass is 32.2. The Morgan fingerprint density at radius 1 is 0.781 bits per heavy atom. The van der Waals surface area contributed by atoms with Gasteiger partial charge in [-0.25, -0.2) is 4.39 Å². The van der Waals surface area contributed by atoms with Crippen molar-refractivity contribution in [3.8, 4) is 0 Å². The second-order valence-corrected chi connectivity index (χ2v) is 8.53. The number of para-hydroxylation sites is 2. The molecular weight excluding hydrogens is 425 g/mol. The van der Waals surface area contributed by atoms with E-state index in [1.54, 1.807) is 23.9 Å². The van der Waals surface area contributed by atoms with E-state index in [0.717, 1.165) is 16.9 Å². The fourth-order valence-electron chi connectivity index (χ4n) is 3.58. The molecule has 0 atom stereocenters. The number of nitrogens with one attached hydrogen (secondary N) is 2. The number of rotatable bonds is 8. The summed E-state index contributed by atoms with van der Waals surface area (Å²) in [5.74, 6) is -0.553. The third kappa shape index (κ3) is 5.48. The first-order chi connectivity index (χ1) is 15.6. The van der Waals surface area contributed by atoms with E-state index in [1.165, 1.54) is 21.9 Å². The van der Waals surface area contributed by atoms with Crippen LogP contribution in [0, 0.1) is 5.82 Å². The smallest absolute Gasteiger partial charge is 0.224 e. The zero-order chi connectivity index (χ0) is 22.3. The average Bonchev–Trinajstić information content (AvgIpc) is 2.81. The predicted molar refractivity (Wildman–Crippen MR) is 125 cm³/mol. The van der Waals surface area contributed by atoms with Gasteiger partial charge in [-0.05, 0) is 42.0 Å². The van der Waals surface area contributed by atoms with E-state index in [4.69, 9.17) is 0 Å². The van der Waals surface area contributed by atoms with Crippen LogP contribution in [0.5, 0.6) is 0 Å². The molecule has 0 spiro atoms. The lowest BCUT2D eigenvalue weighted by Crippen LogP contribution is -2.36. The van der Waals surface area contributed by atoms with E-state index in [-0.39, 0.29) is 24.1 Å². The molecule has 0 aromatic heterocycles. The summed E-state index contributed by atoms with van der Waals surface area (Å²) >= 11 is 1.74. The van der Waals surface area contributed by atoms with Gasteiger partial charge >= 0.3 is 0 Å². The number of hydrogen-bond acceptors (Lipinski definition) is 4. The van der Waals surface area contributed by atoms with Crippen molar-refractivity contribution < 1.29 is 14.0 Å². The minimum atomic E-state index is -0.327. The first kappa shape index (κ1) is 21.9. The summed E-state index contributed by atoms with van der Waals surface area (Å²) in [4.78, 5) is 28.9. The Kier molecular flexibility index (Phi) is 7.07. The van der Waals surface area contributed by atoms with E-state index >= 15 is 0 Å². The molecule has 32 heavy (non-hydrogen) atoms. The molecule has 0 aliphatic carbocycles. The van der Waals surface area contributed by atoms with Crippen molar-refractivity contribution in [2.24, 2.45) is 0 Å². The molecule has 0 unspecified atom stereocenters. The van der Waals surface area contributed by atoms with Crippen LogP contribution in [0.25, 0.3) is 0 Å². The zero-order valence-corrected chi connectivity index (χ0v) is 18.3. The maximum atomic E-state index is 12.9. The quantitative estimate of drug-likeness (QED) is 0.504. The first-order valence-electron chi connectivity index (χ1n) is 10.5. The van der Waals surface area contributed by atoms with Gasteiger partial charge in [0.1, 0.15) is 5.82 Å². The van der Waals surface area contributed by atoms with Gasteiger partial charge in [-0.2, -0.15) is 0 Å². The fraction of sp³-hybridized carbons (Fsp3) is 0.200. The van der Waals surface area contributed by atoms with Crippen LogP contribution in [0.15, 0.2) is 82.6 Å². The molecule has 0 radical (unpaired) electrons. The molecule has 2 N–H and O–H groups in total. The number of benzene rings is 3. The Morgan fingerprint density at radius 2 is 1.34 bits per heavy atom. The van der Waals surface area contributed by atoms with Gasteiger partial charge in [0.05, 0.1) is 17.8 Å². The summed E-state index contributed by atoms with van der Waals surface area (Å²) in [6.07, 6.45) is 0.525. The lowest BCUT2D eigenvalue weighted by molar-refractivity contribution is -0.122. The van der Waals surface area contributed by atoms with Crippen molar-refractivity contribution in [1.29, 1.82) is 0 Å². The monoisotopic (exact) mass is 449 g/mol. The number of carbonyl (C=O) groups is 2. The molecule has 4 rings (SSSR count). The molecule has 2 amide bonds. The maximum absolute atomic E-state index is 12.9. The lowest BCUT2D eigenvalue weighted by Gasteiger charge is -2.32. The summed E-state index contributed by atoms with van der Waals surface area (Å²) in [5.41, 5.74) is 2.96. The number of fused-ring (bicyclic) bond motifs is 2. The van der Waals surface area contributed by atoms with E-state index in [1.807, 2.05) is 24.3 Å². The molecule has 0 saturated heterocycles. The normalized spacial score (nSPS) is 12.0. The number of anilines is 2. The molecule has 0 bridgehead atoms. The zero-order valence-electron chi connectivity index (χ0n) is 17.5. The van der Waals surface area contributed by atoms with Gasteiger partial charge < -0.3 is 15.5 Å². The van der Waals surface area contributed by atoms with E-state index in [9.17, 15) is 14.0 Å². The average molecular weight is 450 g/mol. The molecule has 7 heteroatoms. The number of carbonyl (C=O) groups excluding carboxylic acids is 2. The Morgan fingerprint density at radius 3 is 1.97 bits per heavy atom. The van der Waals surface area contributed by atoms with Crippen molar-refractivity contribution in [3.63, 3.8) is 0 Å². The lowest BCUT2D eigenvalue weighted by atomic mass is 10.1. The van der Waals surface area contributed by atoms with Crippen molar-refractivity contribution in [2.75, 3.05) is 24.5 Å². The SMILES string of the molecule is O=C(CCN1c2ccccc2Sc2ccccc21)NCCNC(=O)Cc1ccc(F)cc1. The van der Waals surface area contributed by atoms with Crippen LogP contribution in [0.1, 0.15) is 12.0 Å². The van der Waals surface area contributed by atoms with E-state index in [2.05, 4.69) is 39.8 Å². The van der Waals surface area contributed by atoms with Gasteiger partial charge in [0.15, 0.2) is 0 Å². The van der Waals surface area contributed by atoms with Gasteiger partial charge in [-0.1, -0.05) is 48.2 Å². The van der Waals surface area contributed by atoms with Gasteiger partial charge in [0.2, 0.25) is 11.8 Å². The molecule has 3 aromatic carbocycles. The largest absolute Gasteiger partial charge is 0.354 e. The van der Waals surface area contributed by atoms with Gasteiger partial charge in [-0.15, -0.1) is 0 Å². The standard InChI is InChI=1S/C25H24FN3O2S/c26-19-11-9-18(10-12-19)17-25(31)28-15-14-27-24(30)13-16-29-20-5-1-3-7-22(20)32-23-8-4-2-6-21(23)29/h1-12H,13-17H2,(H,27,30)(H,28,31). The second-order valence-electron chi connectivity index (χ2n) is 7.44. The molecule has 0 fully saturated rings. The molecule has 1 aliphatic heterocycles. The number of halogens is 1. The van der Waals surface area contributed by atoms with Crippen molar-refractivity contribution in [3.05, 3.63) is 84.2 Å². The van der Waals surface area contributed by atoms with Crippen LogP contribution < -0.4 is 15.5 Å². The highest BCUT2D eigenvalue weighted by molar-refractivity contribution is 7.99.